The summed E-state index contributed by atoms with van der Waals surface area (Å²) >= 11 is 0. The van der Waals surface area contributed by atoms with Gasteiger partial charge in [0.15, 0.2) is 0 Å². The lowest BCUT2D eigenvalue weighted by atomic mass is 9.97. The highest BCUT2D eigenvalue weighted by atomic mass is 16.5. The van der Waals surface area contributed by atoms with Crippen molar-refractivity contribution >= 4 is 77.0 Å². The number of nitrogens with zero attached hydrogens (tertiary/aromatic N) is 2. The number of benzene rings is 1. The van der Waals surface area contributed by atoms with Crippen LogP contribution in [0.15, 0.2) is 30.3 Å². The smallest absolute Gasteiger partial charge is 0.329 e. The van der Waals surface area contributed by atoms with Crippen LogP contribution in [0, 0.1) is 11.8 Å². The van der Waals surface area contributed by atoms with E-state index in [1.807, 2.05) is 13.8 Å². The Bertz CT molecular complexity index is 2300. The first kappa shape index (κ1) is 65.3. The standard InChI is InChI=1S/C48H73N11O18/c1-23(2)12-10-11-15-35(63)52-30-22-77-48(76)38(24(3)16-36(64)65)56-41(69)27(18-33(61)40(51)68)54-44(72)31(17-26-13-8-7-9-14-26)58(5)47(75)32(20-34(50)62)59(6)46(74)29(21-60)55-45(73)39(25(4)49)57-42(70)28(19-37(66)67)53-43(30)71/h7-9,13-14,23-25,27-33,38-39,60-61H,10-12,15-22,49H2,1-6H3,(H2,50,62)(H2,51,68)(H,52,63)(H,53,71)(H,54,72)(H,55,73)(H,56,69)(H,57,70)(H,64,65)(H,66,67)/t24-,25-,27-,28+,29+,30+,31-,32+,33+,38+,39+/m1/s1. The molecule has 0 saturated carbocycles. The number of likely N-dealkylation sites (N-methyl/N-ethyl adjacent to an activating group) is 2. The van der Waals surface area contributed by atoms with Crippen LogP contribution in [0.5, 0.6) is 0 Å². The zero-order valence-corrected chi connectivity index (χ0v) is 43.7. The fraction of sp³-hybridized carbons (Fsp3) is 0.604. The summed E-state index contributed by atoms with van der Waals surface area (Å²) in [5, 5.41) is 54.0. The molecule has 0 bridgehead atoms. The molecule has 0 aliphatic carbocycles. The lowest BCUT2D eigenvalue weighted by Crippen LogP contribution is -2.63. The zero-order valence-electron chi connectivity index (χ0n) is 43.7. The Hall–Kier alpha value is -7.79. The molecule has 29 heteroatoms. The van der Waals surface area contributed by atoms with E-state index in [1.54, 1.807) is 30.3 Å². The number of carbonyl (C=O) groups excluding carboxylic acids is 11. The maximum absolute atomic E-state index is 14.6. The number of nitrogens with one attached hydrogen (secondary N) is 6. The maximum atomic E-state index is 14.6. The molecule has 0 spiro atoms. The number of aliphatic carboxylic acids is 2. The summed E-state index contributed by atoms with van der Waals surface area (Å²) in [6.07, 6.45) is -5.07. The number of carboxylic acid groups (broad SMARTS) is 2. The van der Waals surface area contributed by atoms with Crippen LogP contribution in [0.25, 0.3) is 0 Å². The molecule has 16 N–H and O–H groups in total. The maximum Gasteiger partial charge on any atom is 0.329 e. The number of rotatable bonds is 20. The molecular weight excluding hydrogens is 1020 g/mol. The number of aliphatic hydroxyl groups excluding tert-OH is 2. The highest BCUT2D eigenvalue weighted by Crippen LogP contribution is 2.18. The third-order valence-electron chi connectivity index (χ3n) is 12.3. The van der Waals surface area contributed by atoms with E-state index in [4.69, 9.17) is 21.9 Å². The average Bonchev–Trinajstić information content (AvgIpc) is 3.35. The van der Waals surface area contributed by atoms with Crippen molar-refractivity contribution in [3.63, 3.8) is 0 Å². The Morgan fingerprint density at radius 1 is 0.714 bits per heavy atom. The van der Waals surface area contributed by atoms with Crippen LogP contribution in [0.2, 0.25) is 0 Å². The summed E-state index contributed by atoms with van der Waals surface area (Å²) in [6, 6.07) is -9.04. The van der Waals surface area contributed by atoms with E-state index in [0.717, 1.165) is 25.4 Å². The lowest BCUT2D eigenvalue weighted by molar-refractivity contribution is -0.153. The van der Waals surface area contributed by atoms with Gasteiger partial charge in [0.1, 0.15) is 61.0 Å². The third-order valence-corrected chi connectivity index (χ3v) is 12.3. The summed E-state index contributed by atoms with van der Waals surface area (Å²) in [6.45, 7) is 3.99. The molecule has 1 fully saturated rings. The molecule has 428 valence electrons. The zero-order chi connectivity index (χ0) is 58.4. The molecule has 2 rings (SSSR count). The number of carboxylic acids is 2. The molecule has 0 aromatic heterocycles. The van der Waals surface area contributed by atoms with Crippen molar-refractivity contribution in [1.29, 1.82) is 0 Å². The highest BCUT2D eigenvalue weighted by molar-refractivity contribution is 6.00. The van der Waals surface area contributed by atoms with Crippen molar-refractivity contribution in [2.24, 2.45) is 29.0 Å². The number of esters is 1. The number of hydrogen-bond acceptors (Lipinski definition) is 17. The minimum atomic E-state index is -2.18. The van der Waals surface area contributed by atoms with E-state index in [1.165, 1.54) is 13.8 Å². The number of hydrogen-bond donors (Lipinski definition) is 13. The third kappa shape index (κ3) is 21.4. The van der Waals surface area contributed by atoms with Crippen LogP contribution in [0.1, 0.15) is 84.6 Å². The van der Waals surface area contributed by atoms with Crippen LogP contribution in [0.4, 0.5) is 0 Å². The van der Waals surface area contributed by atoms with Gasteiger partial charge in [-0.3, -0.25) is 57.5 Å². The van der Waals surface area contributed by atoms with E-state index in [2.05, 4.69) is 31.9 Å². The van der Waals surface area contributed by atoms with Gasteiger partial charge in [0.25, 0.3) is 0 Å². The van der Waals surface area contributed by atoms with Crippen LogP contribution >= 0.6 is 0 Å². The molecule has 29 nitrogen and oxygen atoms in total. The first-order chi connectivity index (χ1) is 36.0. The minimum absolute atomic E-state index is 0.178. The quantitative estimate of drug-likeness (QED) is 0.0428. The van der Waals surface area contributed by atoms with Crippen LogP contribution < -0.4 is 49.1 Å². The van der Waals surface area contributed by atoms with Gasteiger partial charge in [0, 0.05) is 39.4 Å². The van der Waals surface area contributed by atoms with E-state index >= 15 is 0 Å². The Labute approximate surface area is 443 Å². The largest absolute Gasteiger partial charge is 0.481 e. The van der Waals surface area contributed by atoms with Gasteiger partial charge in [-0.1, -0.05) is 63.9 Å². The predicted octanol–water partition coefficient (Wildman–Crippen LogP) is -5.40. The van der Waals surface area contributed by atoms with Gasteiger partial charge in [-0.15, -0.1) is 0 Å². The number of nitrogens with two attached hydrogens (primary N) is 3. The highest BCUT2D eigenvalue weighted by Gasteiger charge is 2.42. The molecule has 1 aromatic carbocycles. The average molecular weight is 1090 g/mol. The number of primary amides is 2. The second-order valence-electron chi connectivity index (χ2n) is 19.2. The molecule has 11 atom stereocenters. The van der Waals surface area contributed by atoms with Gasteiger partial charge in [-0.2, -0.15) is 0 Å². The lowest BCUT2D eigenvalue weighted by Gasteiger charge is -2.36. The molecule has 0 unspecified atom stereocenters. The molecule has 77 heavy (non-hydrogen) atoms. The number of amides is 10. The topological polar surface area (TPSA) is 469 Å². The Balaban J connectivity index is 2.97. The molecule has 1 aromatic rings. The van der Waals surface area contributed by atoms with E-state index in [0.29, 0.717) is 23.3 Å². The van der Waals surface area contributed by atoms with Crippen molar-refractivity contribution in [2.45, 2.75) is 146 Å². The predicted molar refractivity (Wildman–Crippen MR) is 267 cm³/mol. The van der Waals surface area contributed by atoms with Gasteiger partial charge < -0.3 is 84.1 Å². The summed E-state index contributed by atoms with van der Waals surface area (Å²) in [7, 11) is 2.06. The van der Waals surface area contributed by atoms with E-state index in [-0.39, 0.29) is 18.8 Å². The van der Waals surface area contributed by atoms with Gasteiger partial charge in [-0.05, 0) is 30.7 Å². The van der Waals surface area contributed by atoms with Crippen LogP contribution in [-0.2, 0) is 73.5 Å². The number of carbonyl (C=O) groups is 13. The molecular formula is C48H73N11O18. The summed E-state index contributed by atoms with van der Waals surface area (Å²) < 4.78 is 5.41. The second kappa shape index (κ2) is 31.3. The Morgan fingerprint density at radius 2 is 1.29 bits per heavy atom. The van der Waals surface area contributed by atoms with Crippen LogP contribution in [0.3, 0.4) is 0 Å². The van der Waals surface area contributed by atoms with Crippen molar-refractivity contribution in [3.8, 4) is 0 Å². The van der Waals surface area contributed by atoms with Gasteiger partial charge in [0.2, 0.25) is 59.1 Å². The number of unbranched alkanes of at least 4 members (excludes halogenated alkanes) is 1. The van der Waals surface area contributed by atoms with Crippen molar-refractivity contribution in [1.82, 2.24) is 41.7 Å². The van der Waals surface area contributed by atoms with Crippen molar-refractivity contribution in [3.05, 3.63) is 35.9 Å². The summed E-state index contributed by atoms with van der Waals surface area (Å²) in [5.74, 6) is -18.0. The molecule has 1 saturated heterocycles. The molecule has 10 amide bonds. The second-order valence-corrected chi connectivity index (χ2v) is 19.2. The molecule has 1 aliphatic rings. The molecule has 1 heterocycles. The van der Waals surface area contributed by atoms with E-state index in [9.17, 15) is 82.8 Å². The Morgan fingerprint density at radius 3 is 1.83 bits per heavy atom. The number of aliphatic hydroxyl groups is 2. The molecule has 0 radical (unpaired) electrons. The first-order valence-electron chi connectivity index (χ1n) is 24.6. The van der Waals surface area contributed by atoms with Crippen molar-refractivity contribution < 1.29 is 87.5 Å². The fourth-order valence-corrected chi connectivity index (χ4v) is 7.87. The monoisotopic (exact) mass is 1090 g/mol. The minimum Gasteiger partial charge on any atom is -0.481 e. The van der Waals surface area contributed by atoms with E-state index < -0.39 is 182 Å². The summed E-state index contributed by atoms with van der Waals surface area (Å²) in [5.41, 5.74) is 17.3. The number of ether oxygens (including phenoxy) is 1. The van der Waals surface area contributed by atoms with Gasteiger partial charge in [-0.25, -0.2) is 4.79 Å². The van der Waals surface area contributed by atoms with Crippen LogP contribution in [-0.4, -0.2) is 195 Å². The molecule has 1 aliphatic heterocycles. The van der Waals surface area contributed by atoms with Gasteiger partial charge in [0.05, 0.1) is 25.9 Å². The Kier molecular flexibility index (Phi) is 26.6. The fourth-order valence-electron chi connectivity index (χ4n) is 7.87. The number of cyclic esters (lactones) is 1. The normalized spacial score (nSPS) is 24.3. The SMILES string of the molecule is CC(C)CCCCC(=O)N[C@H]1COC(=O)[C@H]([C@H](C)CC(=O)O)NC(=O)[C@@H](C[C@H](O)C(N)=O)NC(=O)[C@@H](Cc2ccccc2)N(C)C(=O)[C@H](CC(N)=O)N(C)C(=O)[C@H](CO)NC(=O)[C@H]([C@@H](C)N)NC(=O)[C@H](CC(=O)O)NC1=O. The van der Waals surface area contributed by atoms with Gasteiger partial charge >= 0.3 is 17.9 Å². The first-order valence-corrected chi connectivity index (χ1v) is 24.6. The van der Waals surface area contributed by atoms with Crippen molar-refractivity contribution in [2.75, 3.05) is 27.3 Å². The summed E-state index contributed by atoms with van der Waals surface area (Å²) in [4.78, 5) is 177.